The Hall–Kier alpha value is -1.89. The number of rotatable bonds is 5. The second kappa shape index (κ2) is 7.52. The minimum atomic E-state index is -1.19. The average Bonchev–Trinajstić information content (AvgIpc) is 2.24. The Morgan fingerprint density at radius 1 is 1.16 bits per heavy atom. The molecule has 0 aliphatic carbocycles. The molecule has 1 unspecified atom stereocenters. The highest BCUT2D eigenvalue weighted by atomic mass is 16.4. The van der Waals surface area contributed by atoms with Crippen LogP contribution in [0.15, 0.2) is 11.1 Å². The van der Waals surface area contributed by atoms with E-state index >= 15 is 0 Å². The Labute approximate surface area is 112 Å². The number of nitrogens with one attached hydrogen (secondary N) is 2. The molecule has 0 fully saturated rings. The van der Waals surface area contributed by atoms with E-state index in [1.165, 1.54) is 13.8 Å². The highest BCUT2D eigenvalue weighted by Gasteiger charge is 2.16. The van der Waals surface area contributed by atoms with Crippen LogP contribution in [0.3, 0.4) is 0 Å². The summed E-state index contributed by atoms with van der Waals surface area (Å²) in [6, 6.07) is -0.774. The van der Waals surface area contributed by atoms with Gasteiger partial charge in [-0.3, -0.25) is 10.1 Å². The third-order valence-corrected chi connectivity index (χ3v) is 2.47. The molecule has 3 N–H and O–H groups in total. The zero-order valence-electron chi connectivity index (χ0n) is 11.9. The van der Waals surface area contributed by atoms with Crippen molar-refractivity contribution < 1.29 is 19.5 Å². The van der Waals surface area contributed by atoms with Crippen molar-refractivity contribution in [1.29, 1.82) is 0 Å². The maximum absolute atomic E-state index is 11.6. The van der Waals surface area contributed by atoms with Crippen LogP contribution in [0.25, 0.3) is 0 Å². The first kappa shape index (κ1) is 17.1. The number of carboxylic acids is 1. The molecule has 108 valence electrons. The molecule has 0 aromatic rings. The largest absolute Gasteiger partial charge is 0.478 e. The number of hydrogen-bond acceptors (Lipinski definition) is 4. The van der Waals surface area contributed by atoms with E-state index in [2.05, 4.69) is 10.6 Å². The summed E-state index contributed by atoms with van der Waals surface area (Å²) in [5.74, 6) is -1.90. The number of urea groups is 1. The van der Waals surface area contributed by atoms with Crippen LogP contribution >= 0.6 is 0 Å². The molecule has 0 saturated carbocycles. The Kier molecular flexibility index (Phi) is 6.78. The number of amides is 3. The highest BCUT2D eigenvalue weighted by Crippen LogP contribution is 2.03. The number of carbonyl (C=O) groups is 3. The molecule has 1 atom stereocenters. The number of aliphatic carboxylic acids is 1. The molecule has 0 radical (unpaired) electrons. The van der Waals surface area contributed by atoms with Gasteiger partial charge < -0.3 is 15.3 Å². The van der Waals surface area contributed by atoms with E-state index < -0.39 is 17.9 Å². The molecule has 7 nitrogen and oxygen atoms in total. The molecule has 0 aromatic carbocycles. The number of carboxylic acid groups (broad SMARTS) is 1. The highest BCUT2D eigenvalue weighted by molar-refractivity contribution is 6.07. The fourth-order valence-corrected chi connectivity index (χ4v) is 1.38. The predicted molar refractivity (Wildman–Crippen MR) is 70.7 cm³/mol. The van der Waals surface area contributed by atoms with Crippen molar-refractivity contribution in [3.8, 4) is 0 Å². The fraction of sp³-hybridized carbons (Fsp3) is 0.583. The van der Waals surface area contributed by atoms with E-state index in [9.17, 15) is 14.4 Å². The molecule has 0 aromatic heterocycles. The van der Waals surface area contributed by atoms with Crippen molar-refractivity contribution in [3.63, 3.8) is 0 Å². The van der Waals surface area contributed by atoms with Crippen LogP contribution in [0, 0.1) is 0 Å². The van der Waals surface area contributed by atoms with Gasteiger partial charge >= 0.3 is 12.0 Å². The summed E-state index contributed by atoms with van der Waals surface area (Å²) < 4.78 is 0. The van der Waals surface area contributed by atoms with Gasteiger partial charge in [-0.1, -0.05) is 0 Å². The van der Waals surface area contributed by atoms with E-state index in [1.807, 2.05) is 19.0 Å². The molecule has 0 bridgehead atoms. The lowest BCUT2D eigenvalue weighted by molar-refractivity contribution is -0.133. The average molecular weight is 271 g/mol. The van der Waals surface area contributed by atoms with Crippen molar-refractivity contribution in [2.75, 3.05) is 20.6 Å². The summed E-state index contributed by atoms with van der Waals surface area (Å²) in [5.41, 5.74) is -0.0884. The molecule has 0 rings (SSSR count). The van der Waals surface area contributed by atoms with Crippen molar-refractivity contribution in [2.45, 2.75) is 26.8 Å². The van der Waals surface area contributed by atoms with Gasteiger partial charge in [0.1, 0.15) is 0 Å². The monoisotopic (exact) mass is 271 g/mol. The van der Waals surface area contributed by atoms with Gasteiger partial charge in [-0.05, 0) is 34.9 Å². The molecule has 0 heterocycles. The summed E-state index contributed by atoms with van der Waals surface area (Å²) >= 11 is 0. The third-order valence-electron chi connectivity index (χ3n) is 2.47. The maximum Gasteiger partial charge on any atom is 0.331 e. The fourth-order valence-electron chi connectivity index (χ4n) is 1.38. The van der Waals surface area contributed by atoms with Crippen LogP contribution in [0.4, 0.5) is 4.79 Å². The molecular formula is C12H21N3O4. The Morgan fingerprint density at radius 2 is 1.68 bits per heavy atom. The van der Waals surface area contributed by atoms with Gasteiger partial charge in [-0.15, -0.1) is 0 Å². The van der Waals surface area contributed by atoms with E-state index in [4.69, 9.17) is 5.11 Å². The smallest absolute Gasteiger partial charge is 0.331 e. The van der Waals surface area contributed by atoms with Crippen molar-refractivity contribution >= 4 is 17.9 Å². The minimum Gasteiger partial charge on any atom is -0.478 e. The van der Waals surface area contributed by atoms with E-state index in [0.717, 1.165) is 0 Å². The molecule has 0 aliphatic rings. The van der Waals surface area contributed by atoms with Crippen LogP contribution < -0.4 is 10.6 Å². The normalized spacial score (nSPS) is 13.6. The third kappa shape index (κ3) is 6.56. The van der Waals surface area contributed by atoms with Gasteiger partial charge in [-0.25, -0.2) is 9.59 Å². The minimum absolute atomic E-state index is 0.00270. The van der Waals surface area contributed by atoms with E-state index in [-0.39, 0.29) is 17.2 Å². The van der Waals surface area contributed by atoms with Gasteiger partial charge in [0.2, 0.25) is 0 Å². The van der Waals surface area contributed by atoms with Crippen molar-refractivity contribution in [3.05, 3.63) is 11.1 Å². The quantitative estimate of drug-likeness (QED) is 0.620. The second-order valence-corrected chi connectivity index (χ2v) is 4.65. The first-order valence-corrected chi connectivity index (χ1v) is 5.82. The van der Waals surface area contributed by atoms with Gasteiger partial charge in [0, 0.05) is 23.7 Å². The Balaban J connectivity index is 4.46. The van der Waals surface area contributed by atoms with Crippen molar-refractivity contribution in [1.82, 2.24) is 15.5 Å². The standard InChI is InChI=1S/C12H21N3O4/c1-7(6-15(4)5)13-12(19)14-10(16)8(2)9(3)11(17)18/h7H,6H2,1-5H3,(H,17,18)(H2,13,14,16,19). The second-order valence-electron chi connectivity index (χ2n) is 4.65. The molecule has 7 heteroatoms. The maximum atomic E-state index is 11.6. The van der Waals surface area contributed by atoms with E-state index in [0.29, 0.717) is 6.54 Å². The number of nitrogens with zero attached hydrogens (tertiary/aromatic N) is 1. The van der Waals surface area contributed by atoms with Gasteiger partial charge in [-0.2, -0.15) is 0 Å². The molecule has 0 spiro atoms. The summed E-state index contributed by atoms with van der Waals surface area (Å²) in [7, 11) is 3.73. The number of hydrogen-bond donors (Lipinski definition) is 3. The van der Waals surface area contributed by atoms with E-state index in [1.54, 1.807) is 6.92 Å². The molecule has 0 aliphatic heterocycles. The lowest BCUT2D eigenvalue weighted by Crippen LogP contribution is -2.47. The van der Waals surface area contributed by atoms with Crippen LogP contribution in [0.2, 0.25) is 0 Å². The molecular weight excluding hydrogens is 250 g/mol. The van der Waals surface area contributed by atoms with Crippen molar-refractivity contribution in [2.24, 2.45) is 0 Å². The first-order valence-electron chi connectivity index (χ1n) is 5.82. The zero-order chi connectivity index (χ0) is 15.2. The van der Waals surface area contributed by atoms with Crippen LogP contribution in [-0.4, -0.2) is 54.6 Å². The molecule has 19 heavy (non-hydrogen) atoms. The van der Waals surface area contributed by atoms with Gasteiger partial charge in [0.25, 0.3) is 5.91 Å². The van der Waals surface area contributed by atoms with Crippen LogP contribution in [0.1, 0.15) is 20.8 Å². The summed E-state index contributed by atoms with van der Waals surface area (Å²) in [5, 5.41) is 13.4. The van der Waals surface area contributed by atoms with Crippen LogP contribution in [0.5, 0.6) is 0 Å². The summed E-state index contributed by atoms with van der Waals surface area (Å²) in [6.07, 6.45) is 0. The molecule has 0 saturated heterocycles. The SMILES string of the molecule is CC(C(=O)O)=C(C)C(=O)NC(=O)NC(C)CN(C)C. The lowest BCUT2D eigenvalue weighted by Gasteiger charge is -2.18. The Morgan fingerprint density at radius 3 is 2.11 bits per heavy atom. The number of likely N-dealkylation sites (N-methyl/N-ethyl adjacent to an activating group) is 1. The molecule has 3 amide bonds. The zero-order valence-corrected chi connectivity index (χ0v) is 11.9. The van der Waals surface area contributed by atoms with Gasteiger partial charge in [0.05, 0.1) is 0 Å². The lowest BCUT2D eigenvalue weighted by atomic mass is 10.1. The first-order chi connectivity index (χ1) is 8.65. The Bertz CT molecular complexity index is 402. The van der Waals surface area contributed by atoms with Gasteiger partial charge in [0.15, 0.2) is 0 Å². The topological polar surface area (TPSA) is 98.7 Å². The number of imide groups is 1. The summed E-state index contributed by atoms with van der Waals surface area (Å²) in [4.78, 5) is 35.7. The van der Waals surface area contributed by atoms with Crippen LogP contribution in [-0.2, 0) is 9.59 Å². The predicted octanol–water partition coefficient (Wildman–Crippen LogP) is 0.183. The summed E-state index contributed by atoms with van der Waals surface area (Å²) in [6.45, 7) is 5.10. The number of carbonyl (C=O) groups excluding carboxylic acids is 2.